The van der Waals surface area contributed by atoms with Crippen LogP contribution in [0.3, 0.4) is 0 Å². The average molecular weight is 524 g/mol. The zero-order valence-electron chi connectivity index (χ0n) is 20.3. The van der Waals surface area contributed by atoms with Crippen molar-refractivity contribution in [3.05, 3.63) is 78.1 Å². The Morgan fingerprint density at radius 3 is 2.35 bits per heavy atom. The fourth-order valence-electron chi connectivity index (χ4n) is 4.60. The van der Waals surface area contributed by atoms with Crippen LogP contribution in [0.15, 0.2) is 71.1 Å². The van der Waals surface area contributed by atoms with E-state index < -0.39 is 10.0 Å². The number of anilines is 1. The van der Waals surface area contributed by atoms with E-state index in [4.69, 9.17) is 9.15 Å². The molecule has 1 aliphatic heterocycles. The van der Waals surface area contributed by atoms with Crippen molar-refractivity contribution < 1.29 is 26.8 Å². The molecule has 1 amide bonds. The van der Waals surface area contributed by atoms with Gasteiger partial charge in [0.1, 0.15) is 28.7 Å². The Kier molecular flexibility index (Phi) is 6.61. The number of fused-ring (bicyclic) bond motifs is 1. The lowest BCUT2D eigenvalue weighted by atomic mass is 10.0. The summed E-state index contributed by atoms with van der Waals surface area (Å²) in [7, 11) is -2.00. The Labute approximate surface area is 214 Å². The molecule has 1 atom stereocenters. The molecule has 4 aromatic rings. The van der Waals surface area contributed by atoms with Gasteiger partial charge in [-0.3, -0.25) is 9.10 Å². The number of nitrogens with one attached hydrogen (secondary N) is 2. The topological polar surface area (TPSA) is 101 Å². The van der Waals surface area contributed by atoms with Gasteiger partial charge in [-0.1, -0.05) is 0 Å². The van der Waals surface area contributed by atoms with E-state index in [-0.39, 0.29) is 17.8 Å². The first-order chi connectivity index (χ1) is 17.7. The lowest BCUT2D eigenvalue weighted by molar-refractivity contribution is 0.0964. The SMILES string of the molecule is CNC(=O)c1c(-c2ccc(Oc3ccc(F)cc3)cc2)oc2cc(N(C3CCNC3)S(C)(=O)=O)ccc12. The minimum Gasteiger partial charge on any atom is -0.457 e. The number of hydrogen-bond acceptors (Lipinski definition) is 6. The van der Waals surface area contributed by atoms with E-state index in [1.807, 2.05) is 0 Å². The maximum absolute atomic E-state index is 13.2. The van der Waals surface area contributed by atoms with E-state index in [2.05, 4.69) is 10.6 Å². The molecule has 0 saturated carbocycles. The van der Waals surface area contributed by atoms with Crippen LogP contribution in [-0.2, 0) is 10.0 Å². The predicted octanol–water partition coefficient (Wildman–Crippen LogP) is 4.52. The van der Waals surface area contributed by atoms with Crippen LogP contribution in [0.4, 0.5) is 10.1 Å². The summed E-state index contributed by atoms with van der Waals surface area (Å²) >= 11 is 0. The summed E-state index contributed by atoms with van der Waals surface area (Å²) in [5.41, 5.74) is 1.88. The molecule has 1 unspecified atom stereocenters. The first-order valence-electron chi connectivity index (χ1n) is 11.8. The zero-order chi connectivity index (χ0) is 26.2. The van der Waals surface area contributed by atoms with Crippen molar-refractivity contribution in [2.75, 3.05) is 30.7 Å². The van der Waals surface area contributed by atoms with Crippen molar-refractivity contribution in [1.29, 1.82) is 0 Å². The Hall–Kier alpha value is -3.89. The monoisotopic (exact) mass is 523 g/mol. The van der Waals surface area contributed by atoms with E-state index in [0.717, 1.165) is 6.54 Å². The highest BCUT2D eigenvalue weighted by Crippen LogP contribution is 2.37. The molecule has 3 aromatic carbocycles. The number of amides is 1. The van der Waals surface area contributed by atoms with Gasteiger partial charge in [0.05, 0.1) is 23.5 Å². The molecule has 10 heteroatoms. The first-order valence-corrected chi connectivity index (χ1v) is 13.6. The summed E-state index contributed by atoms with van der Waals surface area (Å²) in [4.78, 5) is 12.9. The van der Waals surface area contributed by atoms with Crippen molar-refractivity contribution in [2.45, 2.75) is 12.5 Å². The van der Waals surface area contributed by atoms with Crippen LogP contribution in [0.25, 0.3) is 22.3 Å². The van der Waals surface area contributed by atoms with E-state index in [9.17, 15) is 17.6 Å². The van der Waals surface area contributed by atoms with E-state index in [1.165, 1.54) is 41.9 Å². The Balaban J connectivity index is 1.53. The van der Waals surface area contributed by atoms with Gasteiger partial charge in [0.2, 0.25) is 10.0 Å². The molecule has 0 spiro atoms. The van der Waals surface area contributed by atoms with Gasteiger partial charge in [0.25, 0.3) is 5.91 Å². The number of sulfonamides is 1. The van der Waals surface area contributed by atoms with Gasteiger partial charge in [0, 0.05) is 30.6 Å². The molecule has 8 nitrogen and oxygen atoms in total. The fourth-order valence-corrected chi connectivity index (χ4v) is 5.82. The summed E-state index contributed by atoms with van der Waals surface area (Å²) in [6.07, 6.45) is 1.89. The first kappa shape index (κ1) is 24.8. The van der Waals surface area contributed by atoms with Crippen molar-refractivity contribution in [3.8, 4) is 22.8 Å². The fraction of sp³-hybridized carbons (Fsp3) is 0.222. The second-order valence-electron chi connectivity index (χ2n) is 8.85. The van der Waals surface area contributed by atoms with Crippen LogP contribution in [0.5, 0.6) is 11.5 Å². The molecule has 2 N–H and O–H groups in total. The van der Waals surface area contributed by atoms with E-state index in [0.29, 0.717) is 58.0 Å². The molecule has 0 aliphatic carbocycles. The van der Waals surface area contributed by atoms with Crippen LogP contribution in [-0.4, -0.2) is 46.8 Å². The largest absolute Gasteiger partial charge is 0.457 e. The second-order valence-corrected chi connectivity index (χ2v) is 10.7. The van der Waals surface area contributed by atoms with Crippen molar-refractivity contribution in [2.24, 2.45) is 0 Å². The minimum atomic E-state index is -3.54. The number of halogens is 1. The van der Waals surface area contributed by atoms with Crippen LogP contribution in [0.2, 0.25) is 0 Å². The highest BCUT2D eigenvalue weighted by molar-refractivity contribution is 7.92. The number of furan rings is 1. The van der Waals surface area contributed by atoms with Crippen LogP contribution < -0.4 is 19.7 Å². The maximum atomic E-state index is 13.2. The highest BCUT2D eigenvalue weighted by atomic mass is 32.2. The Bertz CT molecular complexity index is 1540. The van der Waals surface area contributed by atoms with Gasteiger partial charge < -0.3 is 19.8 Å². The number of rotatable bonds is 7. The molecule has 1 aromatic heterocycles. The Morgan fingerprint density at radius 1 is 1.08 bits per heavy atom. The summed E-state index contributed by atoms with van der Waals surface area (Å²) in [6.45, 7) is 1.30. The number of carbonyl (C=O) groups excluding carboxylic acids is 1. The van der Waals surface area contributed by atoms with E-state index >= 15 is 0 Å². The van der Waals surface area contributed by atoms with Crippen molar-refractivity contribution in [3.63, 3.8) is 0 Å². The molecule has 192 valence electrons. The number of ether oxygens (including phenoxy) is 1. The van der Waals surface area contributed by atoms with Crippen LogP contribution in [0.1, 0.15) is 16.8 Å². The molecule has 37 heavy (non-hydrogen) atoms. The van der Waals surface area contributed by atoms with Gasteiger partial charge >= 0.3 is 0 Å². The summed E-state index contributed by atoms with van der Waals surface area (Å²) in [5.74, 6) is 0.701. The summed E-state index contributed by atoms with van der Waals surface area (Å²) < 4.78 is 51.8. The summed E-state index contributed by atoms with van der Waals surface area (Å²) in [5, 5.41) is 6.43. The van der Waals surface area contributed by atoms with Crippen LogP contribution >= 0.6 is 0 Å². The molecule has 2 heterocycles. The number of carbonyl (C=O) groups is 1. The van der Waals surface area contributed by atoms with Gasteiger partial charge in [-0.15, -0.1) is 0 Å². The minimum absolute atomic E-state index is 0.200. The third kappa shape index (κ3) is 5.03. The van der Waals surface area contributed by atoms with Gasteiger partial charge in [-0.2, -0.15) is 0 Å². The third-order valence-corrected chi connectivity index (χ3v) is 7.49. The van der Waals surface area contributed by atoms with Gasteiger partial charge in [-0.05, 0) is 73.6 Å². The van der Waals surface area contributed by atoms with Crippen molar-refractivity contribution in [1.82, 2.24) is 10.6 Å². The molecular formula is C27H26FN3O5S. The number of hydrogen-bond donors (Lipinski definition) is 2. The molecular weight excluding hydrogens is 497 g/mol. The average Bonchev–Trinajstić information content (AvgIpc) is 3.53. The third-order valence-electron chi connectivity index (χ3n) is 6.27. The number of nitrogens with zero attached hydrogens (tertiary/aromatic N) is 1. The second kappa shape index (κ2) is 9.87. The standard InChI is InChI=1S/C27H26FN3O5S/c1-29-27(32)25-23-12-7-19(31(37(2,33)34)20-13-14-30-16-20)15-24(23)36-26(25)17-3-8-21(9-4-17)35-22-10-5-18(28)6-11-22/h3-12,15,20,30H,13-14,16H2,1-2H3,(H,29,32). The lowest BCUT2D eigenvalue weighted by Crippen LogP contribution is -2.41. The van der Waals surface area contributed by atoms with Gasteiger partial charge in [-0.25, -0.2) is 12.8 Å². The molecule has 5 rings (SSSR count). The summed E-state index contributed by atoms with van der Waals surface area (Å²) in [6, 6.07) is 17.6. The van der Waals surface area contributed by atoms with E-state index in [1.54, 1.807) is 42.5 Å². The molecule has 0 bridgehead atoms. The zero-order valence-corrected chi connectivity index (χ0v) is 21.1. The normalized spacial score (nSPS) is 15.6. The molecule has 0 radical (unpaired) electrons. The molecule has 1 saturated heterocycles. The smallest absolute Gasteiger partial charge is 0.255 e. The quantitative estimate of drug-likeness (QED) is 0.370. The van der Waals surface area contributed by atoms with Gasteiger partial charge in [0.15, 0.2) is 0 Å². The van der Waals surface area contributed by atoms with Crippen molar-refractivity contribution >= 4 is 32.6 Å². The molecule has 1 aliphatic rings. The maximum Gasteiger partial charge on any atom is 0.255 e. The molecule has 1 fully saturated rings. The van der Waals surface area contributed by atoms with Crippen LogP contribution in [0, 0.1) is 5.82 Å². The Morgan fingerprint density at radius 2 is 1.76 bits per heavy atom. The highest BCUT2D eigenvalue weighted by Gasteiger charge is 2.30. The predicted molar refractivity (Wildman–Crippen MR) is 140 cm³/mol. The lowest BCUT2D eigenvalue weighted by Gasteiger charge is -2.28. The number of benzene rings is 3.